The molecule has 8 nitrogen and oxygen atoms in total. The minimum atomic E-state index is -0.916. The molecule has 0 aliphatic heterocycles. The Morgan fingerprint density at radius 2 is 1.82 bits per heavy atom. The number of benzene rings is 1. The van der Waals surface area contributed by atoms with Crippen LogP contribution in [0.25, 0.3) is 0 Å². The standard InChI is InChI=1S/C25H35ClN4O4/c1-16(2)13-14-30(22(32)12-11-21(31)27-20-15-17(3)34-29-20)23(24(33)28-25(4,5)6)18-9-7-8-10-19(18)26/h7-10,15-16,23H,11-14H2,1-6H3,(H,28,33)(H,27,29,31)/t23-/m0/s1. The number of carbonyl (C=O) groups is 3. The minimum Gasteiger partial charge on any atom is -0.360 e. The summed E-state index contributed by atoms with van der Waals surface area (Å²) in [6.07, 6.45) is 0.573. The van der Waals surface area contributed by atoms with Crippen molar-refractivity contribution in [2.75, 3.05) is 11.9 Å². The third-order valence-corrected chi connectivity index (χ3v) is 5.33. The molecule has 2 aromatic rings. The molecule has 0 saturated carbocycles. The molecule has 1 heterocycles. The second kappa shape index (κ2) is 12.0. The summed E-state index contributed by atoms with van der Waals surface area (Å²) in [6, 6.07) is 7.70. The highest BCUT2D eigenvalue weighted by Crippen LogP contribution is 2.30. The van der Waals surface area contributed by atoms with Gasteiger partial charge >= 0.3 is 0 Å². The molecular weight excluding hydrogens is 456 g/mol. The van der Waals surface area contributed by atoms with Crippen LogP contribution in [0.2, 0.25) is 5.02 Å². The van der Waals surface area contributed by atoms with Gasteiger partial charge in [0, 0.05) is 41.6 Å². The van der Waals surface area contributed by atoms with Crippen molar-refractivity contribution in [1.82, 2.24) is 15.4 Å². The third kappa shape index (κ3) is 8.48. The van der Waals surface area contributed by atoms with Gasteiger partial charge in [-0.1, -0.05) is 48.8 Å². The molecule has 0 unspecified atom stereocenters. The van der Waals surface area contributed by atoms with E-state index >= 15 is 0 Å². The molecule has 0 aliphatic carbocycles. The van der Waals surface area contributed by atoms with Crippen molar-refractivity contribution in [1.29, 1.82) is 0 Å². The van der Waals surface area contributed by atoms with Gasteiger partial charge in [0.2, 0.25) is 17.7 Å². The van der Waals surface area contributed by atoms with Crippen molar-refractivity contribution in [2.24, 2.45) is 5.92 Å². The van der Waals surface area contributed by atoms with Crippen LogP contribution in [0, 0.1) is 12.8 Å². The number of amides is 3. The van der Waals surface area contributed by atoms with Crippen LogP contribution < -0.4 is 10.6 Å². The predicted molar refractivity (Wildman–Crippen MR) is 132 cm³/mol. The summed E-state index contributed by atoms with van der Waals surface area (Å²) >= 11 is 6.47. The first-order valence-electron chi connectivity index (χ1n) is 11.5. The van der Waals surface area contributed by atoms with Gasteiger partial charge in [-0.2, -0.15) is 0 Å². The van der Waals surface area contributed by atoms with E-state index in [1.165, 1.54) is 4.90 Å². The van der Waals surface area contributed by atoms with E-state index in [1.807, 2.05) is 20.8 Å². The van der Waals surface area contributed by atoms with Gasteiger partial charge in [-0.05, 0) is 46.1 Å². The lowest BCUT2D eigenvalue weighted by molar-refractivity contribution is -0.142. The van der Waals surface area contributed by atoms with Crippen LogP contribution in [0.4, 0.5) is 5.82 Å². The van der Waals surface area contributed by atoms with E-state index in [9.17, 15) is 14.4 Å². The molecule has 3 amide bonds. The normalized spacial score (nSPS) is 12.4. The lowest BCUT2D eigenvalue weighted by Crippen LogP contribution is -2.49. The predicted octanol–water partition coefficient (Wildman–Crippen LogP) is 4.89. The maximum Gasteiger partial charge on any atom is 0.247 e. The van der Waals surface area contributed by atoms with Crippen LogP contribution in [0.1, 0.15) is 71.2 Å². The first-order chi connectivity index (χ1) is 15.9. The fraction of sp³-hybridized carbons (Fsp3) is 0.520. The maximum atomic E-state index is 13.4. The number of nitrogens with one attached hydrogen (secondary N) is 2. The molecule has 2 N–H and O–H groups in total. The monoisotopic (exact) mass is 490 g/mol. The number of aryl methyl sites for hydroxylation is 1. The fourth-order valence-corrected chi connectivity index (χ4v) is 3.61. The summed E-state index contributed by atoms with van der Waals surface area (Å²) in [7, 11) is 0. The van der Waals surface area contributed by atoms with Crippen LogP contribution >= 0.6 is 11.6 Å². The Kier molecular flexibility index (Phi) is 9.67. The summed E-state index contributed by atoms with van der Waals surface area (Å²) in [5.74, 6) is 0.190. The van der Waals surface area contributed by atoms with Crippen molar-refractivity contribution in [3.8, 4) is 0 Å². The first-order valence-corrected chi connectivity index (χ1v) is 11.8. The van der Waals surface area contributed by atoms with Gasteiger partial charge in [-0.25, -0.2) is 0 Å². The summed E-state index contributed by atoms with van der Waals surface area (Å²) in [5.41, 5.74) is 0.0458. The summed E-state index contributed by atoms with van der Waals surface area (Å²) < 4.78 is 4.94. The number of rotatable bonds is 10. The van der Waals surface area contributed by atoms with Gasteiger partial charge in [-0.3, -0.25) is 14.4 Å². The van der Waals surface area contributed by atoms with E-state index in [0.29, 0.717) is 41.0 Å². The smallest absolute Gasteiger partial charge is 0.247 e. The molecule has 1 aromatic heterocycles. The summed E-state index contributed by atoms with van der Waals surface area (Å²) in [6.45, 7) is 11.8. The Hall–Kier alpha value is -2.87. The Morgan fingerprint density at radius 1 is 1.15 bits per heavy atom. The zero-order valence-corrected chi connectivity index (χ0v) is 21.5. The van der Waals surface area contributed by atoms with Crippen LogP contribution in [-0.4, -0.2) is 39.9 Å². The topological polar surface area (TPSA) is 105 Å². The largest absolute Gasteiger partial charge is 0.360 e. The van der Waals surface area contributed by atoms with Gasteiger partial charge in [0.05, 0.1) is 0 Å². The van der Waals surface area contributed by atoms with Gasteiger partial charge < -0.3 is 20.1 Å². The minimum absolute atomic E-state index is 0.0565. The molecule has 34 heavy (non-hydrogen) atoms. The lowest BCUT2D eigenvalue weighted by atomic mass is 9.99. The quantitative estimate of drug-likeness (QED) is 0.493. The van der Waals surface area contributed by atoms with Crippen molar-refractivity contribution >= 4 is 35.1 Å². The van der Waals surface area contributed by atoms with E-state index in [-0.39, 0.29) is 30.6 Å². The molecule has 0 fully saturated rings. The van der Waals surface area contributed by atoms with Crippen molar-refractivity contribution < 1.29 is 18.9 Å². The number of halogens is 1. The molecule has 186 valence electrons. The average molecular weight is 491 g/mol. The number of carbonyl (C=O) groups excluding carboxylic acids is 3. The van der Waals surface area contributed by atoms with Crippen molar-refractivity contribution in [2.45, 2.75) is 72.4 Å². The van der Waals surface area contributed by atoms with Gasteiger partial charge in [0.1, 0.15) is 11.8 Å². The van der Waals surface area contributed by atoms with Crippen molar-refractivity contribution in [3.05, 3.63) is 46.7 Å². The van der Waals surface area contributed by atoms with E-state index in [2.05, 4.69) is 29.6 Å². The first kappa shape index (κ1) is 27.4. The molecular formula is C25H35ClN4O4. The molecule has 0 spiro atoms. The van der Waals surface area contributed by atoms with Gasteiger partial charge in [-0.15, -0.1) is 0 Å². The van der Waals surface area contributed by atoms with E-state index < -0.39 is 11.6 Å². The van der Waals surface area contributed by atoms with E-state index in [1.54, 1.807) is 37.3 Å². The van der Waals surface area contributed by atoms with E-state index in [0.717, 1.165) is 0 Å². The zero-order valence-electron chi connectivity index (χ0n) is 20.8. The Morgan fingerprint density at radius 3 is 2.38 bits per heavy atom. The number of hydrogen-bond acceptors (Lipinski definition) is 5. The molecule has 0 aliphatic rings. The maximum absolute atomic E-state index is 13.4. The lowest BCUT2D eigenvalue weighted by Gasteiger charge is -2.34. The summed E-state index contributed by atoms with van der Waals surface area (Å²) in [4.78, 5) is 40.7. The van der Waals surface area contributed by atoms with Crippen LogP contribution in [0.5, 0.6) is 0 Å². The molecule has 1 aromatic carbocycles. The molecule has 0 bridgehead atoms. The number of hydrogen-bond donors (Lipinski definition) is 2. The number of aromatic nitrogens is 1. The number of anilines is 1. The number of nitrogens with zero attached hydrogens (tertiary/aromatic N) is 2. The average Bonchev–Trinajstić information content (AvgIpc) is 3.13. The third-order valence-electron chi connectivity index (χ3n) is 4.99. The Balaban J connectivity index is 2.28. The van der Waals surface area contributed by atoms with Crippen LogP contribution in [-0.2, 0) is 14.4 Å². The molecule has 9 heteroatoms. The highest BCUT2D eigenvalue weighted by Gasteiger charge is 2.34. The molecule has 1 atom stereocenters. The van der Waals surface area contributed by atoms with Gasteiger partial charge in [0.25, 0.3) is 0 Å². The second-order valence-electron chi connectivity index (χ2n) is 9.80. The summed E-state index contributed by atoms with van der Waals surface area (Å²) in [5, 5.41) is 9.73. The van der Waals surface area contributed by atoms with Crippen LogP contribution in [0.15, 0.2) is 34.9 Å². The fourth-order valence-electron chi connectivity index (χ4n) is 3.38. The van der Waals surface area contributed by atoms with E-state index in [4.69, 9.17) is 16.1 Å². The zero-order chi connectivity index (χ0) is 25.5. The SMILES string of the molecule is Cc1cc(NC(=O)CCC(=O)N(CCC(C)C)[C@H](C(=O)NC(C)(C)C)c2ccccc2Cl)no1. The molecule has 0 radical (unpaired) electrons. The Bertz CT molecular complexity index is 997. The van der Waals surface area contributed by atoms with Crippen LogP contribution in [0.3, 0.4) is 0 Å². The second-order valence-corrected chi connectivity index (χ2v) is 10.2. The molecule has 0 saturated heterocycles. The van der Waals surface area contributed by atoms with Gasteiger partial charge in [0.15, 0.2) is 5.82 Å². The molecule has 2 rings (SSSR count). The van der Waals surface area contributed by atoms with Crippen molar-refractivity contribution in [3.63, 3.8) is 0 Å². The highest BCUT2D eigenvalue weighted by molar-refractivity contribution is 6.31. The Labute approximate surface area is 206 Å². The highest BCUT2D eigenvalue weighted by atomic mass is 35.5.